The highest BCUT2D eigenvalue weighted by Crippen LogP contribution is 2.38. The molecule has 0 amide bonds. The smallest absolute Gasteiger partial charge is 0.143 e. The molecule has 3 rings (SSSR count). The van der Waals surface area contributed by atoms with Crippen molar-refractivity contribution in [3.05, 3.63) is 29.0 Å². The van der Waals surface area contributed by atoms with Gasteiger partial charge in [-0.1, -0.05) is 11.6 Å². The average Bonchev–Trinajstić information content (AvgIpc) is 2.55. The summed E-state index contributed by atoms with van der Waals surface area (Å²) < 4.78 is 13.5. The van der Waals surface area contributed by atoms with Crippen LogP contribution in [0, 0.1) is 5.82 Å². The number of fused-ring (bicyclic) bond motifs is 2. The molecular weight excluding hydrogens is 241 g/mol. The summed E-state index contributed by atoms with van der Waals surface area (Å²) in [7, 11) is 0. The van der Waals surface area contributed by atoms with Crippen molar-refractivity contribution >= 4 is 23.1 Å². The Morgan fingerprint density at radius 1 is 1.24 bits per heavy atom. The lowest BCUT2D eigenvalue weighted by molar-refractivity contribution is -0.120. The van der Waals surface area contributed by atoms with Gasteiger partial charge in [-0.25, -0.2) is 4.39 Å². The molecule has 0 spiro atoms. The van der Waals surface area contributed by atoms with E-state index in [1.165, 1.54) is 6.07 Å². The van der Waals surface area contributed by atoms with E-state index in [2.05, 4.69) is 4.90 Å². The highest BCUT2D eigenvalue weighted by molar-refractivity contribution is 6.30. The van der Waals surface area contributed by atoms with Gasteiger partial charge in [0.2, 0.25) is 0 Å². The van der Waals surface area contributed by atoms with Crippen LogP contribution < -0.4 is 4.90 Å². The summed E-state index contributed by atoms with van der Waals surface area (Å²) in [4.78, 5) is 13.7. The second kappa shape index (κ2) is 3.98. The Morgan fingerprint density at radius 2 is 1.88 bits per heavy atom. The van der Waals surface area contributed by atoms with Gasteiger partial charge in [0, 0.05) is 30.6 Å². The molecule has 4 heteroatoms. The van der Waals surface area contributed by atoms with Crippen LogP contribution in [-0.2, 0) is 4.79 Å². The third kappa shape index (κ3) is 1.82. The SMILES string of the molecule is O=C1CC2CCC(C1)N2c1ccc(Cl)c(F)c1. The van der Waals surface area contributed by atoms with E-state index in [0.717, 1.165) is 18.5 Å². The second-order valence-electron chi connectivity index (χ2n) is 4.84. The Bertz CT molecular complexity index is 460. The minimum atomic E-state index is -0.388. The highest BCUT2D eigenvalue weighted by Gasteiger charge is 2.40. The van der Waals surface area contributed by atoms with Crippen LogP contribution >= 0.6 is 11.6 Å². The highest BCUT2D eigenvalue weighted by atomic mass is 35.5. The summed E-state index contributed by atoms with van der Waals surface area (Å²) in [5.41, 5.74) is 0.854. The summed E-state index contributed by atoms with van der Waals surface area (Å²) in [5, 5.41) is 0.147. The molecule has 2 unspecified atom stereocenters. The quantitative estimate of drug-likeness (QED) is 0.766. The van der Waals surface area contributed by atoms with Crippen molar-refractivity contribution in [2.24, 2.45) is 0 Å². The lowest BCUT2D eigenvalue weighted by Gasteiger charge is -2.36. The summed E-state index contributed by atoms with van der Waals surface area (Å²) in [6.07, 6.45) is 3.25. The third-order valence-corrected chi connectivity index (χ3v) is 4.05. The van der Waals surface area contributed by atoms with Gasteiger partial charge in [0.15, 0.2) is 0 Å². The summed E-state index contributed by atoms with van der Waals surface area (Å²) in [5.74, 6) is -0.0522. The molecule has 2 atom stereocenters. The van der Waals surface area contributed by atoms with E-state index >= 15 is 0 Å². The van der Waals surface area contributed by atoms with E-state index in [9.17, 15) is 9.18 Å². The van der Waals surface area contributed by atoms with E-state index in [-0.39, 0.29) is 22.9 Å². The number of Topliss-reactive ketones (excluding diaryl/α,β-unsaturated/α-hetero) is 1. The van der Waals surface area contributed by atoms with Crippen molar-refractivity contribution in [3.8, 4) is 0 Å². The predicted molar refractivity (Wildman–Crippen MR) is 64.9 cm³/mol. The zero-order valence-electron chi connectivity index (χ0n) is 9.33. The maximum Gasteiger partial charge on any atom is 0.143 e. The second-order valence-corrected chi connectivity index (χ2v) is 5.24. The molecule has 1 aromatic carbocycles. The minimum Gasteiger partial charge on any atom is -0.365 e. The van der Waals surface area contributed by atoms with Crippen molar-refractivity contribution in [2.45, 2.75) is 37.8 Å². The molecule has 0 aromatic heterocycles. The topological polar surface area (TPSA) is 20.3 Å². The fourth-order valence-electron chi connectivity index (χ4n) is 3.04. The Labute approximate surface area is 104 Å². The minimum absolute atomic E-state index is 0.147. The monoisotopic (exact) mass is 253 g/mol. The largest absolute Gasteiger partial charge is 0.365 e. The molecule has 0 N–H and O–H groups in total. The number of carbonyl (C=O) groups excluding carboxylic acids is 1. The van der Waals surface area contributed by atoms with Gasteiger partial charge >= 0.3 is 0 Å². The fourth-order valence-corrected chi connectivity index (χ4v) is 3.16. The van der Waals surface area contributed by atoms with E-state index in [1.54, 1.807) is 6.07 Å². The molecule has 17 heavy (non-hydrogen) atoms. The van der Waals surface area contributed by atoms with Gasteiger partial charge < -0.3 is 4.90 Å². The number of hydrogen-bond donors (Lipinski definition) is 0. The Balaban J connectivity index is 1.94. The average molecular weight is 254 g/mol. The number of benzene rings is 1. The first-order valence-electron chi connectivity index (χ1n) is 5.90. The van der Waals surface area contributed by atoms with Gasteiger partial charge in [-0.3, -0.25) is 4.79 Å². The van der Waals surface area contributed by atoms with Crippen LogP contribution in [0.4, 0.5) is 10.1 Å². The molecule has 2 heterocycles. The number of halogens is 2. The molecule has 1 aromatic rings. The zero-order valence-corrected chi connectivity index (χ0v) is 10.1. The lowest BCUT2D eigenvalue weighted by Crippen LogP contribution is -2.43. The van der Waals surface area contributed by atoms with E-state index in [0.29, 0.717) is 18.6 Å². The molecular formula is C13H13ClFNO. The maximum absolute atomic E-state index is 13.5. The summed E-state index contributed by atoms with van der Waals surface area (Å²) >= 11 is 5.68. The first-order chi connectivity index (χ1) is 8.15. The lowest BCUT2D eigenvalue weighted by atomic mass is 10.0. The van der Waals surface area contributed by atoms with Crippen LogP contribution in [0.3, 0.4) is 0 Å². The van der Waals surface area contributed by atoms with Crippen LogP contribution in [0.5, 0.6) is 0 Å². The molecule has 90 valence electrons. The van der Waals surface area contributed by atoms with Gasteiger partial charge in [0.1, 0.15) is 11.6 Å². The predicted octanol–water partition coefficient (Wildman–Crippen LogP) is 3.18. The van der Waals surface area contributed by atoms with Gasteiger partial charge in [0.05, 0.1) is 5.02 Å². The summed E-state index contributed by atoms with van der Waals surface area (Å²) in [6, 6.07) is 5.40. The molecule has 2 aliphatic rings. The van der Waals surface area contributed by atoms with Gasteiger partial charge in [-0.2, -0.15) is 0 Å². The first kappa shape index (κ1) is 11.0. The maximum atomic E-state index is 13.5. The molecule has 2 aliphatic heterocycles. The van der Waals surface area contributed by atoms with Crippen LogP contribution in [-0.4, -0.2) is 17.9 Å². The van der Waals surface area contributed by atoms with Gasteiger partial charge in [-0.05, 0) is 31.0 Å². The van der Waals surface area contributed by atoms with Crippen LogP contribution in [0.25, 0.3) is 0 Å². The zero-order chi connectivity index (χ0) is 12.0. The normalized spacial score (nSPS) is 27.6. The molecule has 2 saturated heterocycles. The third-order valence-electron chi connectivity index (χ3n) is 3.75. The van der Waals surface area contributed by atoms with Crippen molar-refractivity contribution in [2.75, 3.05) is 4.90 Å². The number of carbonyl (C=O) groups is 1. The number of hydrogen-bond acceptors (Lipinski definition) is 2. The molecule has 0 aliphatic carbocycles. The van der Waals surface area contributed by atoms with Crippen molar-refractivity contribution in [3.63, 3.8) is 0 Å². The molecule has 0 saturated carbocycles. The molecule has 2 bridgehead atoms. The Hall–Kier alpha value is -1.09. The molecule has 2 fully saturated rings. The molecule has 2 nitrogen and oxygen atoms in total. The number of rotatable bonds is 1. The van der Waals surface area contributed by atoms with Crippen molar-refractivity contribution in [1.82, 2.24) is 0 Å². The van der Waals surface area contributed by atoms with Gasteiger partial charge in [0.25, 0.3) is 0 Å². The van der Waals surface area contributed by atoms with E-state index in [1.807, 2.05) is 6.07 Å². The first-order valence-corrected chi connectivity index (χ1v) is 6.28. The van der Waals surface area contributed by atoms with Crippen LogP contribution in [0.15, 0.2) is 18.2 Å². The van der Waals surface area contributed by atoms with E-state index < -0.39 is 0 Å². The Morgan fingerprint density at radius 3 is 2.47 bits per heavy atom. The standard InChI is InChI=1S/C13H13ClFNO/c14-12-4-3-10(7-13(12)15)16-8-1-2-9(16)6-11(17)5-8/h3-4,7-9H,1-2,5-6H2. The summed E-state index contributed by atoms with van der Waals surface area (Å²) in [6.45, 7) is 0. The number of ketones is 1. The molecule has 0 radical (unpaired) electrons. The Kier molecular flexibility index (Phi) is 2.58. The number of anilines is 1. The number of nitrogens with zero attached hydrogens (tertiary/aromatic N) is 1. The van der Waals surface area contributed by atoms with Gasteiger partial charge in [-0.15, -0.1) is 0 Å². The van der Waals surface area contributed by atoms with Crippen LogP contribution in [0.2, 0.25) is 5.02 Å². The fraction of sp³-hybridized carbons (Fsp3) is 0.462. The van der Waals surface area contributed by atoms with Crippen molar-refractivity contribution < 1.29 is 9.18 Å². The van der Waals surface area contributed by atoms with Crippen LogP contribution in [0.1, 0.15) is 25.7 Å². The number of piperidine rings is 1. The van der Waals surface area contributed by atoms with E-state index in [4.69, 9.17) is 11.6 Å². The van der Waals surface area contributed by atoms with Crippen molar-refractivity contribution in [1.29, 1.82) is 0 Å².